The van der Waals surface area contributed by atoms with Gasteiger partial charge in [-0.15, -0.1) is 0 Å². The first-order chi connectivity index (χ1) is 11.6. The van der Waals surface area contributed by atoms with Gasteiger partial charge in [-0.25, -0.2) is 0 Å². The number of hydrogen-bond donors (Lipinski definition) is 3. The van der Waals surface area contributed by atoms with Gasteiger partial charge < -0.3 is 10.6 Å². The molecule has 24 heavy (non-hydrogen) atoms. The Kier molecular flexibility index (Phi) is 6.02. The predicted octanol–water partition coefficient (Wildman–Crippen LogP) is 2.63. The number of nitrogens with zero attached hydrogens (tertiary/aromatic N) is 2. The van der Waals surface area contributed by atoms with Crippen LogP contribution >= 0.6 is 0 Å². The number of anilines is 1. The second-order valence-electron chi connectivity index (χ2n) is 5.34. The van der Waals surface area contributed by atoms with Crippen LogP contribution in [-0.4, -0.2) is 27.6 Å². The van der Waals surface area contributed by atoms with Crippen LogP contribution < -0.4 is 10.6 Å². The number of aromatic amines is 1. The molecule has 0 bridgehead atoms. The number of H-pyrrole nitrogens is 1. The molecule has 0 saturated heterocycles. The fourth-order valence-electron chi connectivity index (χ4n) is 2.37. The minimum absolute atomic E-state index is 0.194. The lowest BCUT2D eigenvalue weighted by Gasteiger charge is -2.06. The highest BCUT2D eigenvalue weighted by molar-refractivity contribution is 6.05. The van der Waals surface area contributed by atoms with E-state index >= 15 is 0 Å². The van der Waals surface area contributed by atoms with Crippen LogP contribution in [0, 0.1) is 10.1 Å². The Morgan fingerprint density at radius 2 is 2.17 bits per heavy atom. The lowest BCUT2D eigenvalue weighted by molar-refractivity contribution is -0.385. The van der Waals surface area contributed by atoms with Crippen molar-refractivity contribution in [3.8, 4) is 0 Å². The van der Waals surface area contributed by atoms with Crippen LogP contribution in [0.5, 0.6) is 0 Å². The Bertz CT molecular complexity index is 726. The summed E-state index contributed by atoms with van der Waals surface area (Å²) in [5.41, 5.74) is 1.51. The van der Waals surface area contributed by atoms with Crippen molar-refractivity contribution in [2.75, 3.05) is 11.9 Å². The van der Waals surface area contributed by atoms with E-state index in [1.165, 1.54) is 0 Å². The van der Waals surface area contributed by atoms with E-state index in [1.54, 1.807) is 6.07 Å². The summed E-state index contributed by atoms with van der Waals surface area (Å²) < 4.78 is 0. The number of benzene rings is 1. The maximum absolute atomic E-state index is 12.4. The molecule has 0 aliphatic rings. The molecule has 128 valence electrons. The summed E-state index contributed by atoms with van der Waals surface area (Å²) in [5, 5.41) is 23.6. The summed E-state index contributed by atoms with van der Waals surface area (Å²) in [7, 11) is 0. The zero-order chi connectivity index (χ0) is 17.5. The molecule has 0 aliphatic heterocycles. The Labute approximate surface area is 139 Å². The van der Waals surface area contributed by atoms with Crippen LogP contribution in [0.3, 0.4) is 0 Å². The quantitative estimate of drug-likeness (QED) is 0.508. The zero-order valence-corrected chi connectivity index (χ0v) is 13.8. The van der Waals surface area contributed by atoms with Gasteiger partial charge in [0.15, 0.2) is 0 Å². The van der Waals surface area contributed by atoms with Gasteiger partial charge >= 0.3 is 5.69 Å². The third-order valence-corrected chi connectivity index (χ3v) is 3.47. The molecule has 0 saturated carbocycles. The minimum atomic E-state index is -0.596. The lowest BCUT2D eigenvalue weighted by Crippen LogP contribution is -2.15. The van der Waals surface area contributed by atoms with E-state index in [4.69, 9.17) is 0 Å². The summed E-state index contributed by atoms with van der Waals surface area (Å²) in [6.07, 6.45) is 1.19. The molecule has 0 radical (unpaired) electrons. The van der Waals surface area contributed by atoms with E-state index in [1.807, 2.05) is 32.0 Å². The maximum atomic E-state index is 12.4. The van der Waals surface area contributed by atoms with Crippen LogP contribution in [0.1, 0.15) is 42.0 Å². The second kappa shape index (κ2) is 8.21. The zero-order valence-electron chi connectivity index (χ0n) is 13.8. The number of carbonyl (C=O) groups excluding carboxylic acids is 1. The number of nitro groups is 1. The van der Waals surface area contributed by atoms with E-state index in [-0.39, 0.29) is 11.4 Å². The Hall–Kier alpha value is -2.74. The van der Waals surface area contributed by atoms with Gasteiger partial charge in [0.2, 0.25) is 5.69 Å². The summed E-state index contributed by atoms with van der Waals surface area (Å²) in [5.74, 6) is -0.596. The first-order valence-corrected chi connectivity index (χ1v) is 7.89. The van der Waals surface area contributed by atoms with Gasteiger partial charge in [0.1, 0.15) is 5.69 Å². The highest BCUT2D eigenvalue weighted by Gasteiger charge is 2.28. The van der Waals surface area contributed by atoms with Gasteiger partial charge in [-0.05, 0) is 30.7 Å². The van der Waals surface area contributed by atoms with E-state index in [0.29, 0.717) is 24.3 Å². The number of rotatable bonds is 8. The van der Waals surface area contributed by atoms with Crippen molar-refractivity contribution in [2.24, 2.45) is 0 Å². The predicted molar refractivity (Wildman–Crippen MR) is 91.0 cm³/mol. The highest BCUT2D eigenvalue weighted by atomic mass is 16.6. The molecule has 1 aromatic heterocycles. The number of hydrogen-bond acceptors (Lipinski definition) is 5. The van der Waals surface area contributed by atoms with Crippen molar-refractivity contribution < 1.29 is 9.72 Å². The maximum Gasteiger partial charge on any atom is 0.322 e. The monoisotopic (exact) mass is 331 g/mol. The normalized spacial score (nSPS) is 10.6. The topological polar surface area (TPSA) is 113 Å². The molecule has 1 heterocycles. The van der Waals surface area contributed by atoms with Gasteiger partial charge in [-0.3, -0.25) is 20.0 Å². The summed E-state index contributed by atoms with van der Waals surface area (Å²) in [6.45, 7) is 5.44. The smallest absolute Gasteiger partial charge is 0.320 e. The molecule has 0 unspecified atom stereocenters. The number of aromatic nitrogens is 2. The van der Waals surface area contributed by atoms with Gasteiger partial charge in [0, 0.05) is 12.2 Å². The minimum Gasteiger partial charge on any atom is -0.320 e. The molecule has 3 N–H and O–H groups in total. The van der Waals surface area contributed by atoms with Crippen LogP contribution in [0.2, 0.25) is 0 Å². The fraction of sp³-hybridized carbons (Fsp3) is 0.375. The molecule has 0 spiro atoms. The van der Waals surface area contributed by atoms with E-state index in [2.05, 4.69) is 20.8 Å². The van der Waals surface area contributed by atoms with E-state index in [0.717, 1.165) is 18.5 Å². The molecule has 2 aromatic rings. The van der Waals surface area contributed by atoms with Crippen LogP contribution in [0.4, 0.5) is 11.4 Å². The van der Waals surface area contributed by atoms with Crippen molar-refractivity contribution >= 4 is 17.3 Å². The molecule has 8 nitrogen and oxygen atoms in total. The lowest BCUT2D eigenvalue weighted by atomic mass is 10.2. The first-order valence-electron chi connectivity index (χ1n) is 7.89. The van der Waals surface area contributed by atoms with Gasteiger partial charge in [0.05, 0.1) is 4.92 Å². The summed E-state index contributed by atoms with van der Waals surface area (Å²) >= 11 is 0. The molecule has 1 aromatic carbocycles. The number of amides is 1. The average Bonchev–Trinajstić information content (AvgIpc) is 2.98. The fourth-order valence-corrected chi connectivity index (χ4v) is 2.37. The number of aryl methyl sites for hydroxylation is 1. The van der Waals surface area contributed by atoms with Crippen LogP contribution in [0.15, 0.2) is 24.3 Å². The van der Waals surface area contributed by atoms with Crippen molar-refractivity contribution in [3.63, 3.8) is 0 Å². The Morgan fingerprint density at radius 1 is 1.38 bits per heavy atom. The largest absolute Gasteiger partial charge is 0.322 e. The van der Waals surface area contributed by atoms with Gasteiger partial charge in [0.25, 0.3) is 5.91 Å². The Balaban J connectivity index is 2.19. The highest BCUT2D eigenvalue weighted by Crippen LogP contribution is 2.23. The van der Waals surface area contributed by atoms with Crippen LogP contribution in [0.25, 0.3) is 0 Å². The molecule has 0 atom stereocenters. The standard InChI is InChI=1S/C16H21N5O3/c1-3-6-13-15(21(23)24)14(20-19-13)16(22)18-12-8-5-7-11(9-12)10-17-4-2/h5,7-9,17H,3-4,6,10H2,1-2H3,(H,18,22)(H,19,20). The van der Waals surface area contributed by atoms with Crippen molar-refractivity contribution in [3.05, 3.63) is 51.3 Å². The Morgan fingerprint density at radius 3 is 2.83 bits per heavy atom. The SMILES string of the molecule is CCCc1[nH]nc(C(=O)Nc2cccc(CNCC)c2)c1[N+](=O)[O-]. The van der Waals surface area contributed by atoms with E-state index in [9.17, 15) is 14.9 Å². The second-order valence-corrected chi connectivity index (χ2v) is 5.34. The number of nitrogens with one attached hydrogen (secondary N) is 3. The summed E-state index contributed by atoms with van der Waals surface area (Å²) in [6, 6.07) is 7.32. The third-order valence-electron chi connectivity index (χ3n) is 3.47. The summed E-state index contributed by atoms with van der Waals surface area (Å²) in [4.78, 5) is 23.1. The van der Waals surface area contributed by atoms with Crippen LogP contribution in [-0.2, 0) is 13.0 Å². The molecule has 8 heteroatoms. The molecular weight excluding hydrogens is 310 g/mol. The van der Waals surface area contributed by atoms with Gasteiger partial charge in [-0.1, -0.05) is 32.4 Å². The molecule has 0 fully saturated rings. The van der Waals surface area contributed by atoms with Gasteiger partial charge in [-0.2, -0.15) is 5.10 Å². The number of carbonyl (C=O) groups is 1. The third kappa shape index (κ3) is 4.17. The average molecular weight is 331 g/mol. The van der Waals surface area contributed by atoms with Crippen molar-refractivity contribution in [1.29, 1.82) is 0 Å². The molecular formula is C16H21N5O3. The van der Waals surface area contributed by atoms with Crippen molar-refractivity contribution in [2.45, 2.75) is 33.2 Å². The molecule has 2 rings (SSSR count). The first kappa shape index (κ1) is 17.6. The van der Waals surface area contributed by atoms with Crippen molar-refractivity contribution in [1.82, 2.24) is 15.5 Å². The van der Waals surface area contributed by atoms with E-state index < -0.39 is 10.8 Å². The molecule has 0 aliphatic carbocycles. The molecule has 1 amide bonds.